The quantitative estimate of drug-likeness (QED) is 0.939. The second-order valence-corrected chi connectivity index (χ2v) is 6.48. The molecule has 1 heterocycles. The van der Waals surface area contributed by atoms with Gasteiger partial charge in [-0.05, 0) is 24.6 Å². The van der Waals surface area contributed by atoms with Gasteiger partial charge in [0.2, 0.25) is 0 Å². The Balaban J connectivity index is 2.44. The highest BCUT2D eigenvalue weighted by Crippen LogP contribution is 2.29. The van der Waals surface area contributed by atoms with Crippen molar-refractivity contribution in [2.45, 2.75) is 46.1 Å². The molecule has 2 rings (SSSR count). The number of nitrogens with zero attached hydrogens (tertiary/aromatic N) is 2. The molecule has 0 aliphatic heterocycles. The fourth-order valence-electron chi connectivity index (χ4n) is 2.76. The SMILES string of the molecule is Cc1nn(CCN)c(C(C)(C)C)c1Cc1ccc(F)cc1. The molecule has 1 aromatic carbocycles. The zero-order valence-corrected chi connectivity index (χ0v) is 13.3. The molecule has 0 spiro atoms. The summed E-state index contributed by atoms with van der Waals surface area (Å²) < 4.78 is 15.1. The minimum atomic E-state index is -0.203. The van der Waals surface area contributed by atoms with Crippen LogP contribution in [0.15, 0.2) is 24.3 Å². The van der Waals surface area contributed by atoms with Crippen molar-refractivity contribution in [2.75, 3.05) is 6.54 Å². The summed E-state index contributed by atoms with van der Waals surface area (Å²) >= 11 is 0. The van der Waals surface area contributed by atoms with E-state index in [-0.39, 0.29) is 11.2 Å². The average molecular weight is 289 g/mol. The van der Waals surface area contributed by atoms with Crippen LogP contribution < -0.4 is 5.73 Å². The molecule has 0 aliphatic carbocycles. The first kappa shape index (κ1) is 15.7. The van der Waals surface area contributed by atoms with Crippen molar-refractivity contribution in [3.8, 4) is 0 Å². The van der Waals surface area contributed by atoms with E-state index in [0.29, 0.717) is 6.54 Å². The molecule has 2 N–H and O–H groups in total. The predicted molar refractivity (Wildman–Crippen MR) is 83.9 cm³/mol. The molecule has 114 valence electrons. The Morgan fingerprint density at radius 3 is 2.33 bits per heavy atom. The van der Waals surface area contributed by atoms with Crippen LogP contribution >= 0.6 is 0 Å². The fourth-order valence-corrected chi connectivity index (χ4v) is 2.76. The van der Waals surface area contributed by atoms with E-state index in [1.807, 2.05) is 23.7 Å². The van der Waals surface area contributed by atoms with Crippen molar-refractivity contribution in [2.24, 2.45) is 5.73 Å². The Labute approximate surface area is 126 Å². The second kappa shape index (κ2) is 5.98. The molecule has 0 radical (unpaired) electrons. The van der Waals surface area contributed by atoms with Gasteiger partial charge in [0.25, 0.3) is 0 Å². The number of aromatic nitrogens is 2. The molecule has 0 aliphatic rings. The van der Waals surface area contributed by atoms with Gasteiger partial charge in [-0.15, -0.1) is 0 Å². The van der Waals surface area contributed by atoms with Crippen LogP contribution in [0, 0.1) is 12.7 Å². The molecule has 1 aromatic heterocycles. The lowest BCUT2D eigenvalue weighted by Crippen LogP contribution is -2.23. The Kier molecular flexibility index (Phi) is 4.47. The molecule has 2 aromatic rings. The predicted octanol–water partition coefficient (Wildman–Crippen LogP) is 3.18. The Morgan fingerprint density at radius 1 is 1.19 bits per heavy atom. The van der Waals surface area contributed by atoms with Gasteiger partial charge in [0.05, 0.1) is 12.2 Å². The van der Waals surface area contributed by atoms with Gasteiger partial charge in [0.15, 0.2) is 0 Å². The molecule has 4 heteroatoms. The van der Waals surface area contributed by atoms with Gasteiger partial charge in [-0.1, -0.05) is 32.9 Å². The first-order valence-corrected chi connectivity index (χ1v) is 7.34. The zero-order chi connectivity index (χ0) is 15.6. The second-order valence-electron chi connectivity index (χ2n) is 6.48. The summed E-state index contributed by atoms with van der Waals surface area (Å²) in [7, 11) is 0. The summed E-state index contributed by atoms with van der Waals surface area (Å²) in [6.45, 7) is 9.87. The fraction of sp³-hybridized carbons (Fsp3) is 0.471. The van der Waals surface area contributed by atoms with E-state index in [0.717, 1.165) is 24.2 Å². The van der Waals surface area contributed by atoms with E-state index < -0.39 is 0 Å². The third kappa shape index (κ3) is 3.50. The normalized spacial score (nSPS) is 11.9. The third-order valence-corrected chi connectivity index (χ3v) is 3.60. The van der Waals surface area contributed by atoms with Crippen LogP contribution in [0.5, 0.6) is 0 Å². The highest BCUT2D eigenvalue weighted by molar-refractivity contribution is 5.36. The molecule has 0 amide bonds. The van der Waals surface area contributed by atoms with Crippen molar-refractivity contribution in [3.05, 3.63) is 52.6 Å². The first-order valence-electron chi connectivity index (χ1n) is 7.34. The number of benzene rings is 1. The molecule has 0 saturated heterocycles. The van der Waals surface area contributed by atoms with Crippen LogP contribution in [0.2, 0.25) is 0 Å². The molecule has 0 saturated carbocycles. The van der Waals surface area contributed by atoms with Crippen molar-refractivity contribution >= 4 is 0 Å². The zero-order valence-electron chi connectivity index (χ0n) is 13.3. The van der Waals surface area contributed by atoms with Gasteiger partial charge in [0, 0.05) is 29.6 Å². The first-order chi connectivity index (χ1) is 9.82. The van der Waals surface area contributed by atoms with E-state index in [1.165, 1.54) is 23.4 Å². The number of hydrogen-bond donors (Lipinski definition) is 1. The molecule has 21 heavy (non-hydrogen) atoms. The van der Waals surface area contributed by atoms with Gasteiger partial charge < -0.3 is 5.73 Å². The standard InChI is InChI=1S/C17H24FN3/c1-12-15(11-13-5-7-14(18)8-6-13)16(17(2,3)4)21(20-12)10-9-19/h5-8H,9-11,19H2,1-4H3. The Morgan fingerprint density at radius 2 is 1.81 bits per heavy atom. The average Bonchev–Trinajstić information content (AvgIpc) is 2.69. The van der Waals surface area contributed by atoms with Crippen molar-refractivity contribution in [3.63, 3.8) is 0 Å². The molecule has 0 atom stereocenters. The number of hydrogen-bond acceptors (Lipinski definition) is 2. The number of nitrogens with two attached hydrogens (primary N) is 1. The van der Waals surface area contributed by atoms with E-state index in [9.17, 15) is 4.39 Å². The van der Waals surface area contributed by atoms with Crippen LogP contribution in [-0.4, -0.2) is 16.3 Å². The van der Waals surface area contributed by atoms with Gasteiger partial charge in [-0.2, -0.15) is 5.10 Å². The highest BCUT2D eigenvalue weighted by atomic mass is 19.1. The molecule has 0 bridgehead atoms. The maximum absolute atomic E-state index is 13.0. The maximum atomic E-state index is 13.0. The summed E-state index contributed by atoms with van der Waals surface area (Å²) in [5.41, 5.74) is 10.3. The minimum Gasteiger partial charge on any atom is -0.329 e. The van der Waals surface area contributed by atoms with Crippen LogP contribution in [-0.2, 0) is 18.4 Å². The lowest BCUT2D eigenvalue weighted by atomic mass is 9.86. The smallest absolute Gasteiger partial charge is 0.123 e. The van der Waals surface area contributed by atoms with E-state index in [2.05, 4.69) is 25.9 Å². The monoisotopic (exact) mass is 289 g/mol. The number of aryl methyl sites for hydroxylation is 1. The summed E-state index contributed by atoms with van der Waals surface area (Å²) in [4.78, 5) is 0. The maximum Gasteiger partial charge on any atom is 0.123 e. The van der Waals surface area contributed by atoms with E-state index >= 15 is 0 Å². The summed E-state index contributed by atoms with van der Waals surface area (Å²) in [5.74, 6) is -0.203. The van der Waals surface area contributed by atoms with Crippen molar-refractivity contribution in [1.29, 1.82) is 0 Å². The van der Waals surface area contributed by atoms with Gasteiger partial charge in [0.1, 0.15) is 5.82 Å². The van der Waals surface area contributed by atoms with Crippen molar-refractivity contribution < 1.29 is 4.39 Å². The number of halogens is 1. The van der Waals surface area contributed by atoms with Crippen LogP contribution in [0.4, 0.5) is 4.39 Å². The van der Waals surface area contributed by atoms with Crippen molar-refractivity contribution in [1.82, 2.24) is 9.78 Å². The summed E-state index contributed by atoms with van der Waals surface area (Å²) in [6, 6.07) is 6.68. The lowest BCUT2D eigenvalue weighted by molar-refractivity contribution is 0.485. The molecular weight excluding hydrogens is 265 g/mol. The largest absolute Gasteiger partial charge is 0.329 e. The Bertz CT molecular complexity index is 606. The third-order valence-electron chi connectivity index (χ3n) is 3.60. The minimum absolute atomic E-state index is 0.00814. The highest BCUT2D eigenvalue weighted by Gasteiger charge is 2.25. The number of rotatable bonds is 4. The lowest BCUT2D eigenvalue weighted by Gasteiger charge is -2.22. The molecule has 0 fully saturated rings. The van der Waals surface area contributed by atoms with Gasteiger partial charge in [-0.25, -0.2) is 4.39 Å². The summed E-state index contributed by atoms with van der Waals surface area (Å²) in [6.07, 6.45) is 0.767. The van der Waals surface area contributed by atoms with E-state index in [1.54, 1.807) is 0 Å². The van der Waals surface area contributed by atoms with Gasteiger partial charge >= 0.3 is 0 Å². The van der Waals surface area contributed by atoms with E-state index in [4.69, 9.17) is 5.73 Å². The van der Waals surface area contributed by atoms with Crippen LogP contribution in [0.3, 0.4) is 0 Å². The van der Waals surface area contributed by atoms with Crippen LogP contribution in [0.1, 0.15) is 43.3 Å². The van der Waals surface area contributed by atoms with Crippen LogP contribution in [0.25, 0.3) is 0 Å². The molecule has 0 unspecified atom stereocenters. The summed E-state index contributed by atoms with van der Waals surface area (Å²) in [5, 5.41) is 4.64. The molecule has 3 nitrogen and oxygen atoms in total. The van der Waals surface area contributed by atoms with Gasteiger partial charge in [-0.3, -0.25) is 4.68 Å². The Hall–Kier alpha value is -1.68. The molecular formula is C17H24FN3. The topological polar surface area (TPSA) is 43.8 Å².